The van der Waals surface area contributed by atoms with E-state index in [2.05, 4.69) is 20.7 Å². The van der Waals surface area contributed by atoms with Crippen LogP contribution in [0.5, 0.6) is 0 Å². The molecule has 0 saturated heterocycles. The molecule has 0 aliphatic carbocycles. The van der Waals surface area contributed by atoms with Crippen molar-refractivity contribution in [3.05, 3.63) is 58.6 Å². The van der Waals surface area contributed by atoms with Gasteiger partial charge in [-0.3, -0.25) is 4.72 Å². The van der Waals surface area contributed by atoms with Gasteiger partial charge in [0, 0.05) is 4.47 Å². The second-order valence-corrected chi connectivity index (χ2v) is 7.28. The van der Waals surface area contributed by atoms with Gasteiger partial charge in [-0.05, 0) is 45.6 Å². The highest BCUT2D eigenvalue weighted by atomic mass is 79.9. The molecule has 2 aromatic carbocycles. The van der Waals surface area contributed by atoms with Gasteiger partial charge in [0.25, 0.3) is 10.0 Å². The Balaban J connectivity index is 2.42. The summed E-state index contributed by atoms with van der Waals surface area (Å²) in [5, 5.41) is 0. The minimum absolute atomic E-state index is 0.235. The number of rotatable bonds is 4. The van der Waals surface area contributed by atoms with Crippen LogP contribution in [0.25, 0.3) is 0 Å². The van der Waals surface area contributed by atoms with Gasteiger partial charge in [-0.15, -0.1) is 0 Å². The largest absolute Gasteiger partial charge is 0.279 e. The Morgan fingerprint density at radius 2 is 1.60 bits per heavy atom. The average Bonchev–Trinajstić information content (AvgIpc) is 2.39. The van der Waals surface area contributed by atoms with Crippen LogP contribution in [0, 0.1) is 0 Å². The van der Waals surface area contributed by atoms with Crippen LogP contribution >= 0.6 is 15.9 Å². The average molecular weight is 354 g/mol. The van der Waals surface area contributed by atoms with Crippen molar-refractivity contribution >= 4 is 31.6 Å². The van der Waals surface area contributed by atoms with Crippen molar-refractivity contribution in [2.24, 2.45) is 0 Å². The van der Waals surface area contributed by atoms with Gasteiger partial charge in [-0.25, -0.2) is 8.42 Å². The molecule has 3 nitrogen and oxygen atoms in total. The Hall–Kier alpha value is -1.33. The van der Waals surface area contributed by atoms with Gasteiger partial charge in [-0.2, -0.15) is 0 Å². The van der Waals surface area contributed by atoms with Gasteiger partial charge >= 0.3 is 0 Å². The van der Waals surface area contributed by atoms with Crippen molar-refractivity contribution in [2.45, 2.75) is 24.7 Å². The predicted octanol–water partition coefficient (Wildman–Crippen LogP) is 4.37. The fraction of sp³-hybridized carbons (Fsp3) is 0.200. The van der Waals surface area contributed by atoms with Gasteiger partial charge in [-0.1, -0.05) is 44.2 Å². The quantitative estimate of drug-likeness (QED) is 0.886. The maximum absolute atomic E-state index is 12.5. The van der Waals surface area contributed by atoms with E-state index in [9.17, 15) is 8.42 Å². The maximum Gasteiger partial charge on any atom is 0.263 e. The minimum atomic E-state index is -3.60. The smallest absolute Gasteiger partial charge is 0.263 e. The molecule has 0 aromatic heterocycles. The second-order valence-electron chi connectivity index (χ2n) is 4.78. The van der Waals surface area contributed by atoms with E-state index in [0.29, 0.717) is 10.2 Å². The first-order valence-electron chi connectivity index (χ1n) is 6.28. The topological polar surface area (TPSA) is 46.2 Å². The molecule has 106 valence electrons. The van der Waals surface area contributed by atoms with E-state index >= 15 is 0 Å². The molecule has 0 amide bonds. The van der Waals surface area contributed by atoms with Crippen molar-refractivity contribution in [1.82, 2.24) is 0 Å². The van der Waals surface area contributed by atoms with Crippen LogP contribution in [0.2, 0.25) is 0 Å². The summed E-state index contributed by atoms with van der Waals surface area (Å²) in [5.74, 6) is 0.244. The van der Waals surface area contributed by atoms with Crippen molar-refractivity contribution in [3.63, 3.8) is 0 Å². The fourth-order valence-electron chi connectivity index (χ4n) is 1.96. The lowest BCUT2D eigenvalue weighted by Crippen LogP contribution is -2.15. The van der Waals surface area contributed by atoms with Crippen LogP contribution in [0.1, 0.15) is 25.3 Å². The summed E-state index contributed by atoms with van der Waals surface area (Å²) < 4.78 is 28.1. The Kier molecular flexibility index (Phi) is 4.50. The molecule has 0 radical (unpaired) electrons. The molecular weight excluding hydrogens is 338 g/mol. The SMILES string of the molecule is CC(C)c1ccccc1NS(=O)(=O)c1ccccc1Br. The van der Waals surface area contributed by atoms with Gasteiger partial charge in [0.05, 0.1) is 5.69 Å². The maximum atomic E-state index is 12.5. The summed E-state index contributed by atoms with van der Waals surface area (Å²) in [5.41, 5.74) is 1.60. The fourth-order valence-corrected chi connectivity index (χ4v) is 4.05. The molecule has 2 aromatic rings. The first-order valence-corrected chi connectivity index (χ1v) is 8.55. The third-order valence-electron chi connectivity index (χ3n) is 2.95. The van der Waals surface area contributed by atoms with Crippen molar-refractivity contribution < 1.29 is 8.42 Å². The number of hydrogen-bond acceptors (Lipinski definition) is 2. The van der Waals surface area contributed by atoms with Crippen LogP contribution in [-0.2, 0) is 10.0 Å². The minimum Gasteiger partial charge on any atom is -0.279 e. The van der Waals surface area contributed by atoms with Crippen LogP contribution in [0.3, 0.4) is 0 Å². The Bertz CT molecular complexity index is 711. The summed E-state index contributed by atoms with van der Waals surface area (Å²) in [6, 6.07) is 14.2. The highest BCUT2D eigenvalue weighted by Gasteiger charge is 2.19. The van der Waals surface area contributed by atoms with E-state index in [1.165, 1.54) is 0 Å². The molecule has 0 unspecified atom stereocenters. The van der Waals surface area contributed by atoms with Crippen LogP contribution in [0.15, 0.2) is 57.9 Å². The molecule has 1 N–H and O–H groups in total. The lowest BCUT2D eigenvalue weighted by Gasteiger charge is -2.15. The van der Waals surface area contributed by atoms with E-state index in [0.717, 1.165) is 5.56 Å². The van der Waals surface area contributed by atoms with Gasteiger partial charge < -0.3 is 0 Å². The normalized spacial score (nSPS) is 11.6. The van der Waals surface area contributed by atoms with Crippen LogP contribution in [0.4, 0.5) is 5.69 Å². The Morgan fingerprint density at radius 3 is 2.25 bits per heavy atom. The van der Waals surface area contributed by atoms with E-state index < -0.39 is 10.0 Å². The molecule has 2 rings (SSSR count). The molecular formula is C15H16BrNO2S. The summed E-state index contributed by atoms with van der Waals surface area (Å²) >= 11 is 3.27. The zero-order chi connectivity index (χ0) is 14.8. The number of halogens is 1. The highest BCUT2D eigenvalue weighted by Crippen LogP contribution is 2.28. The molecule has 5 heteroatoms. The number of para-hydroxylation sites is 1. The number of benzene rings is 2. The molecule has 0 heterocycles. The summed E-state index contributed by atoms with van der Waals surface area (Å²) in [4.78, 5) is 0.235. The van der Waals surface area contributed by atoms with Gasteiger partial charge in [0.1, 0.15) is 4.90 Å². The first-order chi connectivity index (χ1) is 9.42. The summed E-state index contributed by atoms with van der Waals surface area (Å²) in [6.45, 7) is 4.07. The summed E-state index contributed by atoms with van der Waals surface area (Å²) in [6.07, 6.45) is 0. The van der Waals surface area contributed by atoms with E-state index in [1.807, 2.05) is 32.0 Å². The number of sulfonamides is 1. The summed E-state index contributed by atoms with van der Waals surface area (Å²) in [7, 11) is -3.60. The van der Waals surface area contributed by atoms with E-state index in [-0.39, 0.29) is 10.8 Å². The van der Waals surface area contributed by atoms with Crippen LogP contribution in [-0.4, -0.2) is 8.42 Å². The molecule has 0 fully saturated rings. The molecule has 0 aliphatic heterocycles. The van der Waals surface area contributed by atoms with Gasteiger partial charge in [0.2, 0.25) is 0 Å². The molecule has 0 atom stereocenters. The number of hydrogen-bond donors (Lipinski definition) is 1. The lowest BCUT2D eigenvalue weighted by atomic mass is 10.0. The Labute approximate surface area is 128 Å². The Morgan fingerprint density at radius 1 is 1.00 bits per heavy atom. The first kappa shape index (κ1) is 15.1. The molecule has 0 saturated carbocycles. The monoisotopic (exact) mass is 353 g/mol. The third-order valence-corrected chi connectivity index (χ3v) is 5.33. The lowest BCUT2D eigenvalue weighted by molar-refractivity contribution is 0.600. The molecule has 0 bridgehead atoms. The molecule has 0 spiro atoms. The van der Waals surface area contributed by atoms with Crippen molar-refractivity contribution in [3.8, 4) is 0 Å². The zero-order valence-corrected chi connectivity index (χ0v) is 13.7. The molecule has 20 heavy (non-hydrogen) atoms. The molecule has 0 aliphatic rings. The van der Waals surface area contributed by atoms with E-state index in [4.69, 9.17) is 0 Å². The van der Waals surface area contributed by atoms with Crippen molar-refractivity contribution in [2.75, 3.05) is 4.72 Å². The van der Waals surface area contributed by atoms with Crippen LogP contribution < -0.4 is 4.72 Å². The number of anilines is 1. The third kappa shape index (κ3) is 3.22. The van der Waals surface area contributed by atoms with Crippen molar-refractivity contribution in [1.29, 1.82) is 0 Å². The van der Waals surface area contributed by atoms with E-state index in [1.54, 1.807) is 30.3 Å². The zero-order valence-electron chi connectivity index (χ0n) is 11.3. The number of nitrogens with one attached hydrogen (secondary N) is 1. The second kappa shape index (κ2) is 5.97. The standard InChI is InChI=1S/C15H16BrNO2S/c1-11(2)12-7-3-5-9-14(12)17-20(18,19)15-10-6-4-8-13(15)16/h3-11,17H,1-2H3. The van der Waals surface area contributed by atoms with Gasteiger partial charge in [0.15, 0.2) is 0 Å². The highest BCUT2D eigenvalue weighted by molar-refractivity contribution is 9.10. The predicted molar refractivity (Wildman–Crippen MR) is 85.5 cm³/mol.